The van der Waals surface area contributed by atoms with Crippen molar-refractivity contribution < 1.29 is 0 Å². The summed E-state index contributed by atoms with van der Waals surface area (Å²) in [6, 6.07) is 44.9. The van der Waals surface area contributed by atoms with E-state index in [4.69, 9.17) is 0 Å². The van der Waals surface area contributed by atoms with Crippen molar-refractivity contribution in [3.8, 4) is 0 Å². The van der Waals surface area contributed by atoms with Crippen LogP contribution in [-0.2, 0) is 32.7 Å². The molecule has 226 valence electrons. The van der Waals surface area contributed by atoms with E-state index in [0.29, 0.717) is 0 Å². The highest BCUT2D eigenvalue weighted by Gasteiger charge is 2.13. The van der Waals surface area contributed by atoms with Crippen molar-refractivity contribution in [2.45, 2.75) is 45.6 Å². The Morgan fingerprint density at radius 1 is 0.341 bits per heavy atom. The third-order valence-electron chi connectivity index (χ3n) is 7.87. The molecule has 0 aliphatic heterocycles. The van der Waals surface area contributed by atoms with Crippen LogP contribution < -0.4 is 0 Å². The molecular formula is C39H45N5. The number of nitrogens with zero attached hydrogens (tertiary/aromatic N) is 5. The molecule has 0 saturated heterocycles. The summed E-state index contributed by atoms with van der Waals surface area (Å²) >= 11 is 0. The van der Waals surface area contributed by atoms with Gasteiger partial charge in [-0.15, -0.1) is 0 Å². The number of aromatic nitrogens is 2. The lowest BCUT2D eigenvalue weighted by Crippen LogP contribution is -2.32. The number of benzene rings is 3. The maximum Gasteiger partial charge on any atom is 0.0544 e. The van der Waals surface area contributed by atoms with Gasteiger partial charge in [0.25, 0.3) is 0 Å². The van der Waals surface area contributed by atoms with Crippen molar-refractivity contribution in [1.29, 1.82) is 0 Å². The molecule has 0 amide bonds. The number of pyridine rings is 2. The standard InChI is InChI=1S/C39H45N5/c1-4-16-35(17-5-1)30-42(26-14-28-43(31-36-18-6-2-7-19-36)33-38-22-10-12-24-40-38)27-15-29-44(32-37-20-8-3-9-21-37)34-39-23-11-13-25-41-39/h1-13,16-25H,14-15,26-34H2. The quantitative estimate of drug-likeness (QED) is 0.107. The smallest absolute Gasteiger partial charge is 0.0544 e. The van der Waals surface area contributed by atoms with Gasteiger partial charge in [-0.05, 0) is 66.9 Å². The summed E-state index contributed by atoms with van der Waals surface area (Å²) in [6.07, 6.45) is 6.00. The molecule has 0 atom stereocenters. The molecule has 5 aromatic rings. The van der Waals surface area contributed by atoms with Crippen molar-refractivity contribution in [2.75, 3.05) is 26.2 Å². The minimum Gasteiger partial charge on any atom is -0.299 e. The molecule has 0 bridgehead atoms. The zero-order valence-corrected chi connectivity index (χ0v) is 25.8. The molecule has 0 N–H and O–H groups in total. The van der Waals surface area contributed by atoms with Crippen molar-refractivity contribution >= 4 is 0 Å². The normalized spacial score (nSPS) is 11.4. The molecule has 5 nitrogen and oxygen atoms in total. The fourth-order valence-electron chi connectivity index (χ4n) is 5.70. The van der Waals surface area contributed by atoms with Crippen LogP contribution in [0.2, 0.25) is 0 Å². The molecule has 0 saturated carbocycles. The summed E-state index contributed by atoms with van der Waals surface area (Å²) in [7, 11) is 0. The van der Waals surface area contributed by atoms with Crippen LogP contribution in [0.1, 0.15) is 40.9 Å². The Morgan fingerprint density at radius 3 is 1.05 bits per heavy atom. The van der Waals surface area contributed by atoms with E-state index in [2.05, 4.69) is 140 Å². The first-order chi connectivity index (χ1) is 21.8. The highest BCUT2D eigenvalue weighted by atomic mass is 15.2. The Kier molecular flexibility index (Phi) is 12.7. The van der Waals surface area contributed by atoms with Gasteiger partial charge in [0.2, 0.25) is 0 Å². The first kappa shape index (κ1) is 31.3. The van der Waals surface area contributed by atoms with Crippen LogP contribution in [0.4, 0.5) is 0 Å². The van der Waals surface area contributed by atoms with Crippen LogP contribution in [0.3, 0.4) is 0 Å². The summed E-state index contributed by atoms with van der Waals surface area (Å²) in [5.74, 6) is 0. The minimum absolute atomic E-state index is 0.858. The van der Waals surface area contributed by atoms with Gasteiger partial charge >= 0.3 is 0 Å². The molecule has 0 fully saturated rings. The zero-order valence-electron chi connectivity index (χ0n) is 25.8. The summed E-state index contributed by atoms with van der Waals surface area (Å²) < 4.78 is 0. The maximum atomic E-state index is 4.61. The summed E-state index contributed by atoms with van der Waals surface area (Å²) in [5, 5.41) is 0. The second-order valence-corrected chi connectivity index (χ2v) is 11.5. The van der Waals surface area contributed by atoms with E-state index in [0.717, 1.165) is 83.1 Å². The second-order valence-electron chi connectivity index (χ2n) is 11.5. The number of hydrogen-bond acceptors (Lipinski definition) is 5. The van der Waals surface area contributed by atoms with Gasteiger partial charge < -0.3 is 0 Å². The van der Waals surface area contributed by atoms with Crippen LogP contribution in [0.5, 0.6) is 0 Å². The fraction of sp³-hybridized carbons (Fsp3) is 0.282. The van der Waals surface area contributed by atoms with E-state index >= 15 is 0 Å². The van der Waals surface area contributed by atoms with Crippen LogP contribution in [0.25, 0.3) is 0 Å². The Labute approximate surface area is 263 Å². The van der Waals surface area contributed by atoms with E-state index in [1.165, 1.54) is 16.7 Å². The fourth-order valence-corrected chi connectivity index (χ4v) is 5.70. The van der Waals surface area contributed by atoms with Gasteiger partial charge in [0.15, 0.2) is 0 Å². The van der Waals surface area contributed by atoms with Gasteiger partial charge in [0.1, 0.15) is 0 Å². The van der Waals surface area contributed by atoms with Crippen LogP contribution in [0.15, 0.2) is 140 Å². The Balaban J connectivity index is 1.20. The number of hydrogen-bond donors (Lipinski definition) is 0. The lowest BCUT2D eigenvalue weighted by Gasteiger charge is -2.27. The molecule has 3 aromatic carbocycles. The van der Waals surface area contributed by atoms with Crippen molar-refractivity contribution in [3.05, 3.63) is 168 Å². The highest BCUT2D eigenvalue weighted by molar-refractivity contribution is 5.17. The van der Waals surface area contributed by atoms with E-state index in [1.807, 2.05) is 24.5 Å². The van der Waals surface area contributed by atoms with E-state index in [-0.39, 0.29) is 0 Å². The lowest BCUT2D eigenvalue weighted by atomic mass is 10.1. The van der Waals surface area contributed by atoms with Gasteiger partial charge in [-0.3, -0.25) is 24.7 Å². The van der Waals surface area contributed by atoms with Gasteiger partial charge in [0.05, 0.1) is 11.4 Å². The second kappa shape index (κ2) is 17.8. The van der Waals surface area contributed by atoms with Crippen LogP contribution in [-0.4, -0.2) is 50.8 Å². The minimum atomic E-state index is 0.858. The molecule has 0 spiro atoms. The maximum absolute atomic E-state index is 4.61. The molecule has 0 aliphatic rings. The predicted molar refractivity (Wildman–Crippen MR) is 181 cm³/mol. The topological polar surface area (TPSA) is 35.5 Å². The molecule has 44 heavy (non-hydrogen) atoms. The van der Waals surface area contributed by atoms with E-state index < -0.39 is 0 Å². The van der Waals surface area contributed by atoms with Gasteiger partial charge in [-0.25, -0.2) is 0 Å². The average molecular weight is 584 g/mol. The van der Waals surface area contributed by atoms with Crippen molar-refractivity contribution in [2.24, 2.45) is 0 Å². The third kappa shape index (κ3) is 11.2. The van der Waals surface area contributed by atoms with Gasteiger partial charge in [-0.1, -0.05) is 103 Å². The molecule has 0 aliphatic carbocycles. The lowest BCUT2D eigenvalue weighted by molar-refractivity contribution is 0.192. The van der Waals surface area contributed by atoms with E-state index in [9.17, 15) is 0 Å². The monoisotopic (exact) mass is 583 g/mol. The van der Waals surface area contributed by atoms with Gasteiger partial charge in [0, 0.05) is 58.2 Å². The average Bonchev–Trinajstić information content (AvgIpc) is 3.07. The molecule has 2 aromatic heterocycles. The molecule has 0 radical (unpaired) electrons. The van der Waals surface area contributed by atoms with Gasteiger partial charge in [-0.2, -0.15) is 0 Å². The zero-order chi connectivity index (χ0) is 30.1. The van der Waals surface area contributed by atoms with Crippen LogP contribution >= 0.6 is 0 Å². The highest BCUT2D eigenvalue weighted by Crippen LogP contribution is 2.13. The Bertz CT molecular complexity index is 1260. The summed E-state index contributed by atoms with van der Waals surface area (Å²) in [5.41, 5.74) is 6.30. The molecule has 5 rings (SSSR count). The Hall–Kier alpha value is -4.16. The SMILES string of the molecule is c1ccc(CN(CCCN(Cc2ccccc2)Cc2ccccn2)CCCN(Cc2ccccc2)Cc2ccccn2)cc1. The molecular weight excluding hydrogens is 538 g/mol. The largest absolute Gasteiger partial charge is 0.299 e. The van der Waals surface area contributed by atoms with Crippen molar-refractivity contribution in [3.63, 3.8) is 0 Å². The van der Waals surface area contributed by atoms with E-state index in [1.54, 1.807) is 0 Å². The van der Waals surface area contributed by atoms with Crippen molar-refractivity contribution in [1.82, 2.24) is 24.7 Å². The predicted octanol–water partition coefficient (Wildman–Crippen LogP) is 7.46. The molecule has 0 unspecified atom stereocenters. The first-order valence-corrected chi connectivity index (χ1v) is 15.9. The number of rotatable bonds is 18. The Morgan fingerprint density at radius 2 is 0.682 bits per heavy atom. The molecule has 5 heteroatoms. The third-order valence-corrected chi connectivity index (χ3v) is 7.87. The first-order valence-electron chi connectivity index (χ1n) is 15.9. The molecule has 2 heterocycles. The summed E-state index contributed by atoms with van der Waals surface area (Å²) in [4.78, 5) is 16.9. The van der Waals surface area contributed by atoms with Crippen LogP contribution in [0, 0.1) is 0 Å². The summed E-state index contributed by atoms with van der Waals surface area (Å²) in [6.45, 7) is 8.71.